The summed E-state index contributed by atoms with van der Waals surface area (Å²) in [5.74, 6) is -0.277. The van der Waals surface area contributed by atoms with E-state index < -0.39 is 9.05 Å². The highest BCUT2D eigenvalue weighted by Crippen LogP contribution is 2.19. The second-order valence-corrected chi connectivity index (χ2v) is 7.14. The number of hydrogen-bond donors (Lipinski definition) is 1. The van der Waals surface area contributed by atoms with Gasteiger partial charge in [-0.1, -0.05) is 19.4 Å². The molecule has 0 spiro atoms. The lowest BCUT2D eigenvalue weighted by Gasteiger charge is -2.14. The van der Waals surface area contributed by atoms with Crippen LogP contribution in [0.15, 0.2) is 23.1 Å². The van der Waals surface area contributed by atoms with Crippen molar-refractivity contribution in [3.63, 3.8) is 0 Å². The Morgan fingerprint density at radius 1 is 1.42 bits per heavy atom. The van der Waals surface area contributed by atoms with Crippen LogP contribution in [-0.2, 0) is 9.05 Å². The minimum Gasteiger partial charge on any atom is -0.350 e. The monoisotopic (exact) mass is 303 g/mol. The van der Waals surface area contributed by atoms with Crippen molar-refractivity contribution in [3.05, 3.63) is 29.3 Å². The fraction of sp³-hybridized carbons (Fsp3) is 0.462. The van der Waals surface area contributed by atoms with Gasteiger partial charge in [0.2, 0.25) is 0 Å². The van der Waals surface area contributed by atoms with Gasteiger partial charge >= 0.3 is 0 Å². The fourth-order valence-corrected chi connectivity index (χ4v) is 2.58. The van der Waals surface area contributed by atoms with Crippen molar-refractivity contribution in [2.45, 2.75) is 44.6 Å². The molecule has 0 bridgehead atoms. The first-order valence-corrected chi connectivity index (χ1v) is 8.42. The van der Waals surface area contributed by atoms with Crippen LogP contribution < -0.4 is 5.32 Å². The molecule has 1 N–H and O–H groups in total. The lowest BCUT2D eigenvalue weighted by atomic mass is 10.1. The van der Waals surface area contributed by atoms with Crippen LogP contribution in [0.4, 0.5) is 0 Å². The van der Waals surface area contributed by atoms with E-state index in [1.54, 1.807) is 13.0 Å². The lowest BCUT2D eigenvalue weighted by Crippen LogP contribution is -2.32. The van der Waals surface area contributed by atoms with Gasteiger partial charge in [-0.3, -0.25) is 4.79 Å². The van der Waals surface area contributed by atoms with Gasteiger partial charge in [0.1, 0.15) is 0 Å². The lowest BCUT2D eigenvalue weighted by molar-refractivity contribution is 0.0937. The molecule has 0 saturated carbocycles. The summed E-state index contributed by atoms with van der Waals surface area (Å²) in [5.41, 5.74) is 1.05. The minimum atomic E-state index is -3.82. The average molecular weight is 304 g/mol. The van der Waals surface area contributed by atoms with Crippen molar-refractivity contribution in [2.75, 3.05) is 0 Å². The first-order chi connectivity index (χ1) is 8.75. The predicted molar refractivity (Wildman–Crippen MR) is 76.1 cm³/mol. The quantitative estimate of drug-likeness (QED) is 0.851. The summed E-state index contributed by atoms with van der Waals surface area (Å²) in [6, 6.07) is 4.33. The van der Waals surface area contributed by atoms with E-state index >= 15 is 0 Å². The Morgan fingerprint density at radius 3 is 2.58 bits per heavy atom. The Kier molecular flexibility index (Phi) is 5.38. The Labute approximate surface area is 118 Å². The van der Waals surface area contributed by atoms with E-state index in [4.69, 9.17) is 10.7 Å². The van der Waals surface area contributed by atoms with E-state index in [9.17, 15) is 13.2 Å². The van der Waals surface area contributed by atoms with Crippen molar-refractivity contribution in [1.82, 2.24) is 5.32 Å². The molecule has 0 radical (unpaired) electrons. The van der Waals surface area contributed by atoms with Crippen molar-refractivity contribution in [3.8, 4) is 0 Å². The smallest absolute Gasteiger partial charge is 0.261 e. The van der Waals surface area contributed by atoms with Crippen LogP contribution in [0.5, 0.6) is 0 Å². The molecular weight excluding hydrogens is 286 g/mol. The summed E-state index contributed by atoms with van der Waals surface area (Å²) >= 11 is 0. The third-order valence-corrected chi connectivity index (χ3v) is 4.19. The van der Waals surface area contributed by atoms with Crippen LogP contribution >= 0.6 is 10.7 Å². The molecule has 0 fully saturated rings. The SMILES string of the molecule is CCCC(C)NC(=O)c1cc(S(=O)(=O)Cl)ccc1C. The number of carbonyl (C=O) groups excluding carboxylic acids is 1. The Hall–Kier alpha value is -1.07. The maximum absolute atomic E-state index is 12.1. The van der Waals surface area contributed by atoms with Crippen LogP contribution in [0, 0.1) is 6.92 Å². The molecule has 19 heavy (non-hydrogen) atoms. The number of hydrogen-bond acceptors (Lipinski definition) is 3. The summed E-state index contributed by atoms with van der Waals surface area (Å²) in [6.45, 7) is 5.71. The summed E-state index contributed by atoms with van der Waals surface area (Å²) in [4.78, 5) is 12.0. The van der Waals surface area contributed by atoms with Crippen LogP contribution in [0.25, 0.3) is 0 Å². The number of carbonyl (C=O) groups is 1. The molecule has 1 aromatic rings. The fourth-order valence-electron chi connectivity index (χ4n) is 1.80. The van der Waals surface area contributed by atoms with E-state index in [2.05, 4.69) is 5.32 Å². The van der Waals surface area contributed by atoms with Gasteiger partial charge in [0.25, 0.3) is 15.0 Å². The average Bonchev–Trinajstić information content (AvgIpc) is 2.27. The van der Waals surface area contributed by atoms with Gasteiger partial charge in [-0.05, 0) is 38.0 Å². The molecule has 0 saturated heterocycles. The van der Waals surface area contributed by atoms with Gasteiger partial charge in [0, 0.05) is 22.3 Å². The zero-order chi connectivity index (χ0) is 14.6. The van der Waals surface area contributed by atoms with Crippen LogP contribution in [0.1, 0.15) is 42.6 Å². The van der Waals surface area contributed by atoms with Crippen LogP contribution in [0.2, 0.25) is 0 Å². The van der Waals surface area contributed by atoms with Gasteiger partial charge in [0.05, 0.1) is 4.90 Å². The molecular formula is C13H18ClNO3S. The van der Waals surface area contributed by atoms with E-state index in [0.29, 0.717) is 11.1 Å². The highest BCUT2D eigenvalue weighted by molar-refractivity contribution is 8.13. The first-order valence-electron chi connectivity index (χ1n) is 6.12. The zero-order valence-electron chi connectivity index (χ0n) is 11.2. The predicted octanol–water partition coefficient (Wildman–Crippen LogP) is 2.84. The van der Waals surface area contributed by atoms with Gasteiger partial charge in [-0.2, -0.15) is 0 Å². The molecule has 0 aliphatic heterocycles. The van der Waals surface area contributed by atoms with Crippen molar-refractivity contribution in [2.24, 2.45) is 0 Å². The third-order valence-electron chi connectivity index (χ3n) is 2.83. The minimum absolute atomic E-state index is 0.0492. The maximum Gasteiger partial charge on any atom is 0.261 e. The molecule has 1 amide bonds. The van der Waals surface area contributed by atoms with E-state index in [-0.39, 0.29) is 16.8 Å². The van der Waals surface area contributed by atoms with E-state index in [1.807, 2.05) is 13.8 Å². The Bertz CT molecular complexity index is 569. The summed E-state index contributed by atoms with van der Waals surface area (Å²) in [5, 5.41) is 2.84. The van der Waals surface area contributed by atoms with Gasteiger partial charge in [-0.15, -0.1) is 0 Å². The molecule has 1 aromatic carbocycles. The standard InChI is InChI=1S/C13H18ClNO3S/c1-4-5-10(3)15-13(16)12-8-11(19(14,17)18)7-6-9(12)2/h6-8,10H,4-5H2,1-3H3,(H,15,16). The second-order valence-electron chi connectivity index (χ2n) is 4.58. The highest BCUT2D eigenvalue weighted by atomic mass is 35.7. The second kappa shape index (κ2) is 6.39. The molecule has 1 atom stereocenters. The number of aryl methyl sites for hydroxylation is 1. The molecule has 0 aromatic heterocycles. The zero-order valence-corrected chi connectivity index (χ0v) is 12.8. The van der Waals surface area contributed by atoms with Crippen molar-refractivity contribution < 1.29 is 13.2 Å². The normalized spacial score (nSPS) is 13.1. The molecule has 0 aliphatic carbocycles. The molecule has 0 aliphatic rings. The topological polar surface area (TPSA) is 63.2 Å². The molecule has 6 heteroatoms. The number of rotatable bonds is 5. The molecule has 0 heterocycles. The number of nitrogens with one attached hydrogen (secondary N) is 1. The van der Waals surface area contributed by atoms with Gasteiger partial charge in [-0.25, -0.2) is 8.42 Å². The largest absolute Gasteiger partial charge is 0.350 e. The third kappa shape index (κ3) is 4.51. The van der Waals surface area contributed by atoms with Crippen molar-refractivity contribution >= 4 is 25.6 Å². The Morgan fingerprint density at radius 2 is 2.05 bits per heavy atom. The van der Waals surface area contributed by atoms with Gasteiger partial charge < -0.3 is 5.32 Å². The summed E-state index contributed by atoms with van der Waals surface area (Å²) < 4.78 is 22.6. The summed E-state index contributed by atoms with van der Waals surface area (Å²) in [6.07, 6.45) is 1.84. The van der Waals surface area contributed by atoms with E-state index in [1.165, 1.54) is 12.1 Å². The first kappa shape index (κ1) is 16.0. The van der Waals surface area contributed by atoms with Crippen molar-refractivity contribution in [1.29, 1.82) is 0 Å². The highest BCUT2D eigenvalue weighted by Gasteiger charge is 2.16. The number of amides is 1. The van der Waals surface area contributed by atoms with Gasteiger partial charge in [0.15, 0.2) is 0 Å². The number of benzene rings is 1. The van der Waals surface area contributed by atoms with Crippen LogP contribution in [-0.4, -0.2) is 20.4 Å². The Balaban J connectivity index is 3.03. The molecule has 1 unspecified atom stereocenters. The maximum atomic E-state index is 12.1. The molecule has 1 rings (SSSR count). The molecule has 106 valence electrons. The number of halogens is 1. The van der Waals surface area contributed by atoms with E-state index in [0.717, 1.165) is 12.8 Å². The summed E-state index contributed by atoms with van der Waals surface area (Å²) in [7, 11) is 1.46. The van der Waals surface area contributed by atoms with Crippen LogP contribution in [0.3, 0.4) is 0 Å². The molecule has 4 nitrogen and oxygen atoms in total.